The van der Waals surface area contributed by atoms with Crippen LogP contribution in [-0.2, 0) is 18.2 Å². The number of rotatable bonds is 10. The summed E-state index contributed by atoms with van der Waals surface area (Å²) in [5.74, 6) is -0.426. The van der Waals surface area contributed by atoms with Gasteiger partial charge in [0.25, 0.3) is 5.56 Å². The van der Waals surface area contributed by atoms with E-state index in [9.17, 15) is 14.9 Å². The minimum absolute atomic E-state index is 0.0897. The summed E-state index contributed by atoms with van der Waals surface area (Å²) in [5, 5.41) is 14.3. The zero-order chi connectivity index (χ0) is 31.4. The molecule has 0 amide bonds. The summed E-state index contributed by atoms with van der Waals surface area (Å²) >= 11 is 6.30. The lowest BCUT2D eigenvalue weighted by atomic mass is 9.82. The quantitative estimate of drug-likeness (QED) is 0.238. The van der Waals surface area contributed by atoms with E-state index in [1.54, 1.807) is 54.1 Å². The second kappa shape index (κ2) is 13.1. The van der Waals surface area contributed by atoms with Crippen molar-refractivity contribution in [1.82, 2.24) is 24.3 Å². The Morgan fingerprint density at radius 1 is 1.21 bits per heavy atom. The van der Waals surface area contributed by atoms with Gasteiger partial charge in [0.2, 0.25) is 11.8 Å². The van der Waals surface area contributed by atoms with E-state index >= 15 is 0 Å². The minimum atomic E-state index is -0.583. The van der Waals surface area contributed by atoms with Gasteiger partial charge in [-0.3, -0.25) is 4.79 Å². The van der Waals surface area contributed by atoms with Gasteiger partial charge in [0.1, 0.15) is 10.7 Å². The number of carbonyl (C=O) groups excluding carboxylic acids is 1. The van der Waals surface area contributed by atoms with Gasteiger partial charge in [0.15, 0.2) is 5.69 Å². The molecular weight excluding hydrogens is 570 g/mol. The molecule has 0 radical (unpaired) electrons. The monoisotopic (exact) mass is 603 g/mol. The standard InChI is InChI=1S/C31H34ClN7O4/c1-8-43-30(41)26-25(27(18(2)3)39(36-26)24-16-34-31(37(4)5)35-28(24)42-7)22(21-11-9-19(15-33)10-12-21)13-20-14-23(32)29(40)38(6)17-20/h9-12,14,16-18,22H,8,13H2,1-7H3. The van der Waals surface area contributed by atoms with E-state index in [0.717, 1.165) is 16.8 Å². The van der Waals surface area contributed by atoms with Crippen molar-refractivity contribution in [2.24, 2.45) is 7.05 Å². The lowest BCUT2D eigenvalue weighted by molar-refractivity contribution is 0.0517. The van der Waals surface area contributed by atoms with Crippen molar-refractivity contribution in [3.8, 4) is 17.6 Å². The van der Waals surface area contributed by atoms with Gasteiger partial charge in [-0.25, -0.2) is 14.5 Å². The maximum atomic E-state index is 13.5. The number of nitrogens with zero attached hydrogens (tertiary/aromatic N) is 7. The molecule has 224 valence electrons. The van der Waals surface area contributed by atoms with Gasteiger partial charge in [-0.05, 0) is 48.6 Å². The maximum Gasteiger partial charge on any atom is 0.359 e. The van der Waals surface area contributed by atoms with Gasteiger partial charge >= 0.3 is 5.97 Å². The molecule has 0 fully saturated rings. The Balaban J connectivity index is 2.06. The van der Waals surface area contributed by atoms with E-state index in [0.29, 0.717) is 29.2 Å². The highest BCUT2D eigenvalue weighted by Gasteiger charge is 2.34. The SMILES string of the molecule is CCOC(=O)c1nn(-c2cnc(N(C)C)nc2OC)c(C(C)C)c1C(Cc1cc(Cl)c(=O)n(C)c1)c1ccc(C#N)cc1. The molecule has 3 aromatic heterocycles. The van der Waals surface area contributed by atoms with Gasteiger partial charge in [0.05, 0.1) is 37.2 Å². The fraction of sp³-hybridized carbons (Fsp3) is 0.355. The lowest BCUT2D eigenvalue weighted by Gasteiger charge is -2.22. The summed E-state index contributed by atoms with van der Waals surface area (Å²) in [6, 6.07) is 11.0. The van der Waals surface area contributed by atoms with E-state index in [2.05, 4.69) is 16.0 Å². The molecule has 43 heavy (non-hydrogen) atoms. The molecule has 1 unspecified atom stereocenters. The van der Waals surface area contributed by atoms with E-state index in [1.165, 1.54) is 11.7 Å². The first-order chi connectivity index (χ1) is 20.5. The largest absolute Gasteiger partial charge is 0.479 e. The van der Waals surface area contributed by atoms with Gasteiger partial charge in [-0.1, -0.05) is 37.6 Å². The predicted molar refractivity (Wildman–Crippen MR) is 163 cm³/mol. The Kier molecular flexibility index (Phi) is 9.51. The summed E-state index contributed by atoms with van der Waals surface area (Å²) in [4.78, 5) is 36.7. The average Bonchev–Trinajstić information content (AvgIpc) is 3.39. The third-order valence-electron chi connectivity index (χ3n) is 6.95. The molecule has 0 saturated carbocycles. The first kappa shape index (κ1) is 31.3. The van der Waals surface area contributed by atoms with Crippen LogP contribution in [0.15, 0.2) is 47.5 Å². The van der Waals surface area contributed by atoms with E-state index in [1.807, 2.05) is 40.1 Å². The van der Waals surface area contributed by atoms with Crippen LogP contribution in [0.25, 0.3) is 5.69 Å². The maximum absolute atomic E-state index is 13.5. The Bertz CT molecular complexity index is 1710. The van der Waals surface area contributed by atoms with Crippen molar-refractivity contribution >= 4 is 23.5 Å². The zero-order valence-electron chi connectivity index (χ0n) is 25.3. The van der Waals surface area contributed by atoms with Crippen LogP contribution in [0.5, 0.6) is 5.88 Å². The Labute approximate surface area is 255 Å². The van der Waals surface area contributed by atoms with Crippen LogP contribution in [0.4, 0.5) is 5.95 Å². The van der Waals surface area contributed by atoms with E-state index < -0.39 is 11.9 Å². The smallest absolute Gasteiger partial charge is 0.359 e. The summed E-state index contributed by atoms with van der Waals surface area (Å²) < 4.78 is 14.2. The Hall–Kier alpha value is -4.69. The molecule has 0 aliphatic carbocycles. The topological polar surface area (TPSA) is 128 Å². The van der Waals surface area contributed by atoms with Crippen molar-refractivity contribution in [1.29, 1.82) is 5.26 Å². The zero-order valence-corrected chi connectivity index (χ0v) is 26.0. The minimum Gasteiger partial charge on any atom is -0.479 e. The molecule has 0 N–H and O–H groups in total. The summed E-state index contributed by atoms with van der Waals surface area (Å²) in [7, 11) is 6.80. The normalized spacial score (nSPS) is 11.7. The van der Waals surface area contributed by atoms with Crippen molar-refractivity contribution in [2.75, 3.05) is 32.7 Å². The molecule has 0 spiro atoms. The molecule has 4 rings (SSSR count). The van der Waals surface area contributed by atoms with Gasteiger partial charge in [-0.2, -0.15) is 15.3 Å². The number of aryl methyl sites for hydroxylation is 1. The number of carbonyl (C=O) groups is 1. The van der Waals surface area contributed by atoms with Crippen LogP contribution >= 0.6 is 11.6 Å². The molecule has 12 heteroatoms. The van der Waals surface area contributed by atoms with Crippen LogP contribution in [0, 0.1) is 11.3 Å². The van der Waals surface area contributed by atoms with Crippen LogP contribution in [0.2, 0.25) is 5.02 Å². The van der Waals surface area contributed by atoms with Crippen LogP contribution < -0.4 is 15.2 Å². The average molecular weight is 604 g/mol. The van der Waals surface area contributed by atoms with Crippen molar-refractivity contribution < 1.29 is 14.3 Å². The molecule has 1 atom stereocenters. The number of ether oxygens (including phenoxy) is 2. The second-order valence-corrected chi connectivity index (χ2v) is 10.9. The second-order valence-electron chi connectivity index (χ2n) is 10.5. The van der Waals surface area contributed by atoms with Crippen molar-refractivity contribution in [3.63, 3.8) is 0 Å². The number of halogens is 1. The van der Waals surface area contributed by atoms with Crippen molar-refractivity contribution in [3.05, 3.63) is 91.7 Å². The number of methoxy groups -OCH3 is 1. The third-order valence-corrected chi connectivity index (χ3v) is 7.22. The number of nitriles is 1. The van der Waals surface area contributed by atoms with Crippen LogP contribution in [0.3, 0.4) is 0 Å². The molecular formula is C31H34ClN7O4. The molecule has 1 aromatic carbocycles. The van der Waals surface area contributed by atoms with Gasteiger partial charge < -0.3 is 18.9 Å². The Morgan fingerprint density at radius 2 is 1.91 bits per heavy atom. The fourth-order valence-electron chi connectivity index (χ4n) is 5.00. The molecule has 3 heterocycles. The number of hydrogen-bond acceptors (Lipinski definition) is 9. The number of pyridine rings is 1. The molecule has 0 saturated heterocycles. The predicted octanol–water partition coefficient (Wildman–Crippen LogP) is 4.64. The fourth-order valence-corrected chi connectivity index (χ4v) is 5.27. The number of esters is 1. The summed E-state index contributed by atoms with van der Waals surface area (Å²) in [6.07, 6.45) is 3.71. The number of benzene rings is 1. The Morgan fingerprint density at radius 3 is 2.47 bits per heavy atom. The molecule has 0 bridgehead atoms. The van der Waals surface area contributed by atoms with E-state index in [-0.39, 0.29) is 34.7 Å². The molecule has 0 aliphatic heterocycles. The highest BCUT2D eigenvalue weighted by Crippen LogP contribution is 2.39. The van der Waals surface area contributed by atoms with E-state index in [4.69, 9.17) is 26.2 Å². The third kappa shape index (κ3) is 6.39. The number of anilines is 1. The van der Waals surface area contributed by atoms with Crippen LogP contribution in [0.1, 0.15) is 71.0 Å². The summed E-state index contributed by atoms with van der Waals surface area (Å²) in [6.45, 7) is 5.90. The van der Waals surface area contributed by atoms with Crippen LogP contribution in [-0.4, -0.2) is 58.1 Å². The molecule has 11 nitrogen and oxygen atoms in total. The van der Waals surface area contributed by atoms with Crippen molar-refractivity contribution in [2.45, 2.75) is 39.0 Å². The summed E-state index contributed by atoms with van der Waals surface area (Å²) in [5.41, 5.74) is 3.76. The molecule has 4 aromatic rings. The van der Waals surface area contributed by atoms with Gasteiger partial charge in [0, 0.05) is 38.8 Å². The highest BCUT2D eigenvalue weighted by molar-refractivity contribution is 6.30. The lowest BCUT2D eigenvalue weighted by Crippen LogP contribution is -2.19. The number of aromatic nitrogens is 5. The highest BCUT2D eigenvalue weighted by atomic mass is 35.5. The first-order valence-corrected chi connectivity index (χ1v) is 14.1. The molecule has 0 aliphatic rings. The first-order valence-electron chi connectivity index (χ1n) is 13.7. The van der Waals surface area contributed by atoms with Gasteiger partial charge in [-0.15, -0.1) is 0 Å². The number of hydrogen-bond donors (Lipinski definition) is 0.